The van der Waals surface area contributed by atoms with Crippen LogP contribution in [0.25, 0.3) is 0 Å². The number of hydrogen-bond acceptors (Lipinski definition) is 5. The summed E-state index contributed by atoms with van der Waals surface area (Å²) in [5.41, 5.74) is 0.891. The number of nitrogens with zero attached hydrogens (tertiary/aromatic N) is 1. The summed E-state index contributed by atoms with van der Waals surface area (Å²) < 4.78 is 15.1. The number of carbonyl (C=O) groups is 2. The number of morpholine rings is 1. The molecule has 3 rings (SSSR count). The van der Waals surface area contributed by atoms with Crippen molar-refractivity contribution in [1.29, 1.82) is 0 Å². The normalized spacial score (nSPS) is 17.9. The van der Waals surface area contributed by atoms with E-state index in [2.05, 4.69) is 4.74 Å². The SMILES string of the molecule is O=C1OCCN(Cc2ccc3c(c2)OCO3)C1=O. The Hall–Kier alpha value is -2.24. The van der Waals surface area contributed by atoms with Crippen LogP contribution in [0, 0.1) is 0 Å². The largest absolute Gasteiger partial charge is 0.457 e. The van der Waals surface area contributed by atoms with Crippen LogP contribution < -0.4 is 9.47 Å². The lowest BCUT2D eigenvalue weighted by atomic mass is 10.2. The molecule has 0 aromatic heterocycles. The number of benzene rings is 1. The average molecular weight is 249 g/mol. The summed E-state index contributed by atoms with van der Waals surface area (Å²) in [6.07, 6.45) is 0. The minimum Gasteiger partial charge on any atom is -0.457 e. The molecule has 0 aliphatic carbocycles. The Morgan fingerprint density at radius 1 is 1.11 bits per heavy atom. The molecular formula is C12H11NO5. The predicted molar refractivity (Wildman–Crippen MR) is 58.9 cm³/mol. The lowest BCUT2D eigenvalue weighted by molar-refractivity contribution is -0.166. The molecular weight excluding hydrogens is 238 g/mol. The fourth-order valence-electron chi connectivity index (χ4n) is 1.95. The van der Waals surface area contributed by atoms with Crippen LogP contribution in [0.1, 0.15) is 5.56 Å². The molecule has 1 saturated heterocycles. The van der Waals surface area contributed by atoms with Gasteiger partial charge in [0.15, 0.2) is 11.5 Å². The van der Waals surface area contributed by atoms with Crippen molar-refractivity contribution in [2.45, 2.75) is 6.54 Å². The second-order valence-electron chi connectivity index (χ2n) is 4.05. The Labute approximate surface area is 103 Å². The third kappa shape index (κ3) is 1.85. The number of amides is 1. The van der Waals surface area contributed by atoms with Crippen molar-refractivity contribution >= 4 is 11.9 Å². The first kappa shape index (κ1) is 10.9. The molecule has 94 valence electrons. The highest BCUT2D eigenvalue weighted by Gasteiger charge is 2.28. The van der Waals surface area contributed by atoms with Gasteiger partial charge in [0.1, 0.15) is 6.61 Å². The minimum absolute atomic E-state index is 0.216. The van der Waals surface area contributed by atoms with Gasteiger partial charge in [0.05, 0.1) is 6.54 Å². The number of fused-ring (bicyclic) bond motifs is 1. The second-order valence-corrected chi connectivity index (χ2v) is 4.05. The minimum atomic E-state index is -0.790. The van der Waals surface area contributed by atoms with Gasteiger partial charge in [0, 0.05) is 6.54 Å². The highest BCUT2D eigenvalue weighted by molar-refractivity contribution is 6.32. The molecule has 0 unspecified atom stereocenters. The second kappa shape index (κ2) is 4.21. The summed E-state index contributed by atoms with van der Waals surface area (Å²) in [5.74, 6) is -0.0245. The van der Waals surface area contributed by atoms with Crippen molar-refractivity contribution in [3.63, 3.8) is 0 Å². The standard InChI is InChI=1S/C12H11NO5/c14-11-12(15)16-4-3-13(11)6-8-1-2-9-10(5-8)18-7-17-9/h1-2,5H,3-4,6-7H2. The summed E-state index contributed by atoms with van der Waals surface area (Å²) >= 11 is 0. The van der Waals surface area contributed by atoms with Gasteiger partial charge in [-0.1, -0.05) is 6.07 Å². The lowest BCUT2D eigenvalue weighted by Gasteiger charge is -2.25. The quantitative estimate of drug-likeness (QED) is 0.557. The average Bonchev–Trinajstić information content (AvgIpc) is 2.82. The molecule has 1 amide bonds. The van der Waals surface area contributed by atoms with Gasteiger partial charge in [-0.3, -0.25) is 4.79 Å². The first-order chi connectivity index (χ1) is 8.74. The molecule has 1 aromatic carbocycles. The molecule has 0 N–H and O–H groups in total. The van der Waals surface area contributed by atoms with E-state index in [1.165, 1.54) is 4.90 Å². The van der Waals surface area contributed by atoms with Crippen LogP contribution in [0.4, 0.5) is 0 Å². The summed E-state index contributed by atoms with van der Waals surface area (Å²) in [4.78, 5) is 24.1. The van der Waals surface area contributed by atoms with E-state index in [0.29, 0.717) is 24.6 Å². The van der Waals surface area contributed by atoms with Gasteiger partial charge in [-0.05, 0) is 17.7 Å². The molecule has 0 spiro atoms. The zero-order chi connectivity index (χ0) is 12.5. The summed E-state index contributed by atoms with van der Waals surface area (Å²) in [7, 11) is 0. The van der Waals surface area contributed by atoms with Gasteiger partial charge in [-0.25, -0.2) is 4.79 Å². The molecule has 0 radical (unpaired) electrons. The van der Waals surface area contributed by atoms with Gasteiger partial charge in [-0.2, -0.15) is 0 Å². The molecule has 2 heterocycles. The molecule has 2 aliphatic heterocycles. The highest BCUT2D eigenvalue weighted by Crippen LogP contribution is 2.32. The van der Waals surface area contributed by atoms with Crippen molar-refractivity contribution in [1.82, 2.24) is 4.90 Å². The maximum Gasteiger partial charge on any atom is 0.397 e. The third-order valence-electron chi connectivity index (χ3n) is 2.87. The maximum atomic E-state index is 11.6. The molecule has 6 heteroatoms. The molecule has 0 saturated carbocycles. The summed E-state index contributed by atoms with van der Waals surface area (Å²) in [6, 6.07) is 5.46. The Balaban J connectivity index is 1.76. The van der Waals surface area contributed by atoms with E-state index in [0.717, 1.165) is 5.56 Å². The maximum absolute atomic E-state index is 11.6. The van der Waals surface area contributed by atoms with E-state index < -0.39 is 11.9 Å². The Morgan fingerprint density at radius 2 is 1.94 bits per heavy atom. The molecule has 2 aliphatic rings. The molecule has 1 fully saturated rings. The van der Waals surface area contributed by atoms with Gasteiger partial charge in [0.2, 0.25) is 6.79 Å². The molecule has 0 atom stereocenters. The fraction of sp³-hybridized carbons (Fsp3) is 0.333. The van der Waals surface area contributed by atoms with Crippen LogP contribution in [0.3, 0.4) is 0 Å². The van der Waals surface area contributed by atoms with E-state index in [9.17, 15) is 9.59 Å². The van der Waals surface area contributed by atoms with Gasteiger partial charge < -0.3 is 19.1 Å². The summed E-state index contributed by atoms with van der Waals surface area (Å²) in [5, 5.41) is 0. The van der Waals surface area contributed by atoms with Crippen molar-refractivity contribution < 1.29 is 23.8 Å². The number of hydrogen-bond donors (Lipinski definition) is 0. The van der Waals surface area contributed by atoms with Crippen molar-refractivity contribution in [2.24, 2.45) is 0 Å². The monoisotopic (exact) mass is 249 g/mol. The van der Waals surface area contributed by atoms with E-state index in [-0.39, 0.29) is 13.4 Å². The first-order valence-corrected chi connectivity index (χ1v) is 5.58. The van der Waals surface area contributed by atoms with Crippen molar-refractivity contribution in [3.8, 4) is 11.5 Å². The topological polar surface area (TPSA) is 65.1 Å². The van der Waals surface area contributed by atoms with Crippen LogP contribution in [0.2, 0.25) is 0 Å². The van der Waals surface area contributed by atoms with Gasteiger partial charge in [-0.15, -0.1) is 0 Å². The zero-order valence-electron chi connectivity index (χ0n) is 9.55. The fourth-order valence-corrected chi connectivity index (χ4v) is 1.95. The van der Waals surface area contributed by atoms with E-state index in [4.69, 9.17) is 9.47 Å². The number of cyclic esters (lactones) is 1. The molecule has 18 heavy (non-hydrogen) atoms. The van der Waals surface area contributed by atoms with Crippen LogP contribution in [0.15, 0.2) is 18.2 Å². The van der Waals surface area contributed by atoms with Crippen LogP contribution in [0.5, 0.6) is 11.5 Å². The number of esters is 1. The predicted octanol–water partition coefficient (Wildman–Crippen LogP) is 0.301. The van der Waals surface area contributed by atoms with Crippen LogP contribution >= 0.6 is 0 Å². The third-order valence-corrected chi connectivity index (χ3v) is 2.87. The Morgan fingerprint density at radius 3 is 2.83 bits per heavy atom. The van der Waals surface area contributed by atoms with Crippen molar-refractivity contribution in [2.75, 3.05) is 19.9 Å². The molecule has 0 bridgehead atoms. The molecule has 6 nitrogen and oxygen atoms in total. The molecule has 1 aromatic rings. The van der Waals surface area contributed by atoms with Crippen LogP contribution in [-0.4, -0.2) is 36.7 Å². The number of rotatable bonds is 2. The Bertz CT molecular complexity index is 513. The number of carbonyl (C=O) groups excluding carboxylic acids is 2. The lowest BCUT2D eigenvalue weighted by Crippen LogP contribution is -2.44. The van der Waals surface area contributed by atoms with E-state index in [1.54, 1.807) is 6.07 Å². The zero-order valence-corrected chi connectivity index (χ0v) is 9.55. The smallest absolute Gasteiger partial charge is 0.397 e. The van der Waals surface area contributed by atoms with E-state index >= 15 is 0 Å². The Kier molecular flexibility index (Phi) is 2.55. The summed E-state index contributed by atoms with van der Waals surface area (Å²) in [6.45, 7) is 1.24. The van der Waals surface area contributed by atoms with Gasteiger partial charge in [0.25, 0.3) is 0 Å². The first-order valence-electron chi connectivity index (χ1n) is 5.58. The van der Waals surface area contributed by atoms with Crippen molar-refractivity contribution in [3.05, 3.63) is 23.8 Å². The highest BCUT2D eigenvalue weighted by atomic mass is 16.7. The number of ether oxygens (including phenoxy) is 3. The van der Waals surface area contributed by atoms with Crippen LogP contribution in [-0.2, 0) is 20.9 Å². The van der Waals surface area contributed by atoms with Gasteiger partial charge >= 0.3 is 11.9 Å². The van der Waals surface area contributed by atoms with E-state index in [1.807, 2.05) is 12.1 Å².